The van der Waals surface area contributed by atoms with Crippen LogP contribution in [0, 0.1) is 0 Å². The SMILES string of the molecule is CCN(CC)C1CSSC1. The summed E-state index contributed by atoms with van der Waals surface area (Å²) in [5.41, 5.74) is 0. The summed E-state index contributed by atoms with van der Waals surface area (Å²) >= 11 is 0. The lowest BCUT2D eigenvalue weighted by Crippen LogP contribution is -2.36. The maximum Gasteiger partial charge on any atom is 0.0293 e. The Morgan fingerprint density at radius 1 is 1.20 bits per heavy atom. The Hall–Kier alpha value is 0.660. The zero-order valence-electron chi connectivity index (χ0n) is 6.67. The molecule has 0 aromatic heterocycles. The summed E-state index contributed by atoms with van der Waals surface area (Å²) in [6.07, 6.45) is 0. The van der Waals surface area contributed by atoms with Crippen LogP contribution in [-0.4, -0.2) is 35.5 Å². The molecule has 1 saturated heterocycles. The van der Waals surface area contributed by atoms with Crippen LogP contribution < -0.4 is 0 Å². The fourth-order valence-corrected chi connectivity index (χ4v) is 4.09. The van der Waals surface area contributed by atoms with Crippen molar-refractivity contribution in [2.45, 2.75) is 19.9 Å². The predicted octanol–water partition coefficient (Wildman–Crippen LogP) is 2.09. The number of hydrogen-bond donors (Lipinski definition) is 0. The van der Waals surface area contributed by atoms with Gasteiger partial charge in [-0.1, -0.05) is 35.4 Å². The van der Waals surface area contributed by atoms with E-state index >= 15 is 0 Å². The highest BCUT2D eigenvalue weighted by atomic mass is 33.1. The molecule has 0 bridgehead atoms. The van der Waals surface area contributed by atoms with Crippen LogP contribution in [0.4, 0.5) is 0 Å². The second-order valence-corrected chi connectivity index (χ2v) is 5.00. The fourth-order valence-electron chi connectivity index (χ4n) is 1.25. The summed E-state index contributed by atoms with van der Waals surface area (Å²) < 4.78 is 0. The molecule has 1 heterocycles. The van der Waals surface area contributed by atoms with E-state index in [0.29, 0.717) is 0 Å². The molecule has 1 rings (SSSR count). The van der Waals surface area contributed by atoms with E-state index in [1.807, 2.05) is 21.6 Å². The van der Waals surface area contributed by atoms with Gasteiger partial charge in [-0.15, -0.1) is 0 Å². The van der Waals surface area contributed by atoms with Gasteiger partial charge in [0.05, 0.1) is 0 Å². The van der Waals surface area contributed by atoms with E-state index in [1.165, 1.54) is 24.6 Å². The van der Waals surface area contributed by atoms with E-state index in [9.17, 15) is 0 Å². The minimum absolute atomic E-state index is 0.852. The van der Waals surface area contributed by atoms with Crippen molar-refractivity contribution in [3.63, 3.8) is 0 Å². The second-order valence-electron chi connectivity index (χ2n) is 2.44. The van der Waals surface area contributed by atoms with Crippen molar-refractivity contribution >= 4 is 21.6 Å². The molecule has 1 nitrogen and oxygen atoms in total. The molecule has 0 N–H and O–H groups in total. The molecule has 1 aliphatic heterocycles. The molecule has 0 aromatic rings. The van der Waals surface area contributed by atoms with E-state index in [2.05, 4.69) is 18.7 Å². The smallest absolute Gasteiger partial charge is 0.0293 e. The Labute approximate surface area is 71.3 Å². The van der Waals surface area contributed by atoms with Crippen molar-refractivity contribution in [3.05, 3.63) is 0 Å². The maximum atomic E-state index is 2.55. The Kier molecular flexibility index (Phi) is 3.96. The predicted molar refractivity (Wildman–Crippen MR) is 51.6 cm³/mol. The Balaban J connectivity index is 2.29. The van der Waals surface area contributed by atoms with Crippen LogP contribution in [0.15, 0.2) is 0 Å². The molecule has 0 radical (unpaired) electrons. The molecule has 60 valence electrons. The minimum atomic E-state index is 0.852. The topological polar surface area (TPSA) is 3.24 Å². The molecule has 0 spiro atoms. The molecule has 3 heteroatoms. The first kappa shape index (κ1) is 8.75. The largest absolute Gasteiger partial charge is 0.299 e. The molecular weight excluding hydrogens is 162 g/mol. The molecule has 0 aromatic carbocycles. The summed E-state index contributed by atoms with van der Waals surface area (Å²) in [6.45, 7) is 6.92. The Morgan fingerprint density at radius 3 is 2.10 bits per heavy atom. The van der Waals surface area contributed by atoms with Gasteiger partial charge in [0.15, 0.2) is 0 Å². The Morgan fingerprint density at radius 2 is 1.70 bits per heavy atom. The van der Waals surface area contributed by atoms with Crippen molar-refractivity contribution in [3.8, 4) is 0 Å². The average molecular weight is 177 g/mol. The third kappa shape index (κ3) is 2.07. The maximum absolute atomic E-state index is 2.55. The van der Waals surface area contributed by atoms with Gasteiger partial charge in [-0.25, -0.2) is 0 Å². The van der Waals surface area contributed by atoms with Gasteiger partial charge in [0.25, 0.3) is 0 Å². The van der Waals surface area contributed by atoms with E-state index in [-0.39, 0.29) is 0 Å². The summed E-state index contributed by atoms with van der Waals surface area (Å²) in [5, 5.41) is 0. The molecule has 0 unspecified atom stereocenters. The lowest BCUT2D eigenvalue weighted by Gasteiger charge is -2.24. The molecule has 1 aliphatic rings. The monoisotopic (exact) mass is 177 g/mol. The lowest BCUT2D eigenvalue weighted by molar-refractivity contribution is 0.255. The first-order chi connectivity index (χ1) is 4.88. The number of rotatable bonds is 3. The van der Waals surface area contributed by atoms with Gasteiger partial charge < -0.3 is 0 Å². The molecule has 0 aliphatic carbocycles. The highest BCUT2D eigenvalue weighted by molar-refractivity contribution is 8.77. The third-order valence-electron chi connectivity index (χ3n) is 1.93. The second kappa shape index (κ2) is 4.52. The van der Waals surface area contributed by atoms with Gasteiger partial charge >= 0.3 is 0 Å². The van der Waals surface area contributed by atoms with Crippen LogP contribution in [0.5, 0.6) is 0 Å². The van der Waals surface area contributed by atoms with Gasteiger partial charge in [-0.2, -0.15) is 0 Å². The summed E-state index contributed by atoms with van der Waals surface area (Å²) in [6, 6.07) is 0.852. The standard InChI is InChI=1S/C7H15NS2/c1-3-8(4-2)7-5-9-10-6-7/h7H,3-6H2,1-2H3. The van der Waals surface area contributed by atoms with Crippen LogP contribution in [0.2, 0.25) is 0 Å². The molecular formula is C7H15NS2. The minimum Gasteiger partial charge on any atom is -0.299 e. The lowest BCUT2D eigenvalue weighted by atomic mass is 10.3. The molecule has 0 saturated carbocycles. The van der Waals surface area contributed by atoms with Gasteiger partial charge in [0, 0.05) is 17.5 Å². The van der Waals surface area contributed by atoms with Crippen LogP contribution >= 0.6 is 21.6 Å². The zero-order valence-corrected chi connectivity index (χ0v) is 8.30. The molecule has 0 amide bonds. The summed E-state index contributed by atoms with van der Waals surface area (Å²) in [5.74, 6) is 2.65. The highest BCUT2D eigenvalue weighted by Crippen LogP contribution is 2.32. The van der Waals surface area contributed by atoms with Crippen molar-refractivity contribution in [1.29, 1.82) is 0 Å². The van der Waals surface area contributed by atoms with E-state index < -0.39 is 0 Å². The van der Waals surface area contributed by atoms with Crippen molar-refractivity contribution in [2.75, 3.05) is 24.6 Å². The molecule has 0 atom stereocenters. The molecule has 10 heavy (non-hydrogen) atoms. The van der Waals surface area contributed by atoms with Crippen LogP contribution in [0.3, 0.4) is 0 Å². The van der Waals surface area contributed by atoms with Crippen molar-refractivity contribution < 1.29 is 0 Å². The van der Waals surface area contributed by atoms with Crippen molar-refractivity contribution in [2.24, 2.45) is 0 Å². The highest BCUT2D eigenvalue weighted by Gasteiger charge is 2.20. The molecule has 1 fully saturated rings. The van der Waals surface area contributed by atoms with Gasteiger partial charge in [0.2, 0.25) is 0 Å². The number of hydrogen-bond acceptors (Lipinski definition) is 3. The quantitative estimate of drug-likeness (QED) is 0.608. The Bertz CT molecular complexity index is 87.6. The first-order valence-electron chi connectivity index (χ1n) is 3.87. The summed E-state index contributed by atoms with van der Waals surface area (Å²) in [7, 11) is 4.03. The van der Waals surface area contributed by atoms with Crippen LogP contribution in [0.25, 0.3) is 0 Å². The third-order valence-corrected chi connectivity index (χ3v) is 4.46. The summed E-state index contributed by atoms with van der Waals surface area (Å²) in [4.78, 5) is 2.55. The van der Waals surface area contributed by atoms with E-state index in [4.69, 9.17) is 0 Å². The first-order valence-corrected chi connectivity index (χ1v) is 6.35. The number of nitrogens with zero attached hydrogens (tertiary/aromatic N) is 1. The van der Waals surface area contributed by atoms with E-state index in [0.717, 1.165) is 6.04 Å². The van der Waals surface area contributed by atoms with Gasteiger partial charge in [-0.05, 0) is 13.1 Å². The zero-order chi connectivity index (χ0) is 7.40. The van der Waals surface area contributed by atoms with Gasteiger partial charge in [-0.3, -0.25) is 4.90 Å². The van der Waals surface area contributed by atoms with Crippen LogP contribution in [0.1, 0.15) is 13.8 Å². The fraction of sp³-hybridized carbons (Fsp3) is 1.00. The van der Waals surface area contributed by atoms with Crippen molar-refractivity contribution in [1.82, 2.24) is 4.90 Å². The average Bonchev–Trinajstić information content (AvgIpc) is 2.43. The van der Waals surface area contributed by atoms with Gasteiger partial charge in [0.1, 0.15) is 0 Å². The normalized spacial score (nSPS) is 20.7. The van der Waals surface area contributed by atoms with E-state index in [1.54, 1.807) is 0 Å². The van der Waals surface area contributed by atoms with Crippen LogP contribution in [-0.2, 0) is 0 Å².